The van der Waals surface area contributed by atoms with Gasteiger partial charge in [-0.2, -0.15) is 12.7 Å². The summed E-state index contributed by atoms with van der Waals surface area (Å²) in [6, 6.07) is 1.73. The molecular weight excluding hydrogens is 321 g/mol. The lowest BCUT2D eigenvalue weighted by Crippen LogP contribution is -2.39. The lowest BCUT2D eigenvalue weighted by molar-refractivity contribution is 0.438. The van der Waals surface area contributed by atoms with Gasteiger partial charge in [0.05, 0.1) is 21.2 Å². The minimum absolute atomic E-state index is 0.232. The van der Waals surface area contributed by atoms with Gasteiger partial charge in [-0.05, 0) is 11.6 Å². The van der Waals surface area contributed by atoms with E-state index in [0.717, 1.165) is 5.56 Å². The highest BCUT2D eigenvalue weighted by molar-refractivity contribution is 7.90. The molecule has 8 heteroatoms. The van der Waals surface area contributed by atoms with Crippen LogP contribution in [0, 0.1) is 0 Å². The van der Waals surface area contributed by atoms with E-state index < -0.39 is 10.2 Å². The Bertz CT molecular complexity index is 814. The Kier molecular flexibility index (Phi) is 3.21. The summed E-state index contributed by atoms with van der Waals surface area (Å²) in [7, 11) is -3.59. The first kappa shape index (κ1) is 13.8. The zero-order valence-corrected chi connectivity index (χ0v) is 12.6. The average Bonchev–Trinajstić information content (AvgIpc) is 2.75. The predicted octanol–water partition coefficient (Wildman–Crippen LogP) is 3.13. The molecule has 1 aromatic heterocycles. The number of halogens is 2. The number of nitrogens with zero attached hydrogens (tertiary/aromatic N) is 1. The van der Waals surface area contributed by atoms with Gasteiger partial charge in [-0.25, -0.2) is 0 Å². The fraction of sp³-hybridized carbons (Fsp3) is 0.167. The summed E-state index contributed by atoms with van der Waals surface area (Å²) in [4.78, 5) is 2.96. The van der Waals surface area contributed by atoms with Crippen LogP contribution in [-0.4, -0.2) is 24.3 Å². The predicted molar refractivity (Wildman–Crippen MR) is 81.5 cm³/mol. The van der Waals surface area contributed by atoms with E-state index >= 15 is 0 Å². The molecule has 0 bridgehead atoms. The maximum atomic E-state index is 12.2. The summed E-state index contributed by atoms with van der Waals surface area (Å²) in [5, 5.41) is 1.57. The van der Waals surface area contributed by atoms with Crippen molar-refractivity contribution in [2.45, 2.75) is 6.54 Å². The van der Waals surface area contributed by atoms with E-state index in [9.17, 15) is 8.42 Å². The van der Waals surface area contributed by atoms with Gasteiger partial charge in [-0.15, -0.1) is 6.58 Å². The molecule has 5 nitrogen and oxygen atoms in total. The normalized spacial score (nSPS) is 17.7. The van der Waals surface area contributed by atoms with Gasteiger partial charge in [0.2, 0.25) is 0 Å². The van der Waals surface area contributed by atoms with Crippen molar-refractivity contribution >= 4 is 50.0 Å². The van der Waals surface area contributed by atoms with E-state index in [1.807, 2.05) is 0 Å². The zero-order valence-electron chi connectivity index (χ0n) is 10.3. The first-order valence-electron chi connectivity index (χ1n) is 5.81. The molecule has 1 aromatic carbocycles. The van der Waals surface area contributed by atoms with Crippen LogP contribution in [0.25, 0.3) is 10.9 Å². The van der Waals surface area contributed by atoms with Crippen LogP contribution in [-0.2, 0) is 16.8 Å². The second-order valence-electron chi connectivity index (χ2n) is 4.47. The Morgan fingerprint density at radius 2 is 2.15 bits per heavy atom. The van der Waals surface area contributed by atoms with Crippen molar-refractivity contribution in [3.63, 3.8) is 0 Å². The van der Waals surface area contributed by atoms with Crippen LogP contribution in [0.2, 0.25) is 10.0 Å². The van der Waals surface area contributed by atoms with E-state index in [0.29, 0.717) is 26.6 Å². The molecule has 0 saturated carbocycles. The average molecular weight is 332 g/mol. The highest BCUT2D eigenvalue weighted by atomic mass is 35.5. The summed E-state index contributed by atoms with van der Waals surface area (Å²) < 4.78 is 28.2. The Morgan fingerprint density at radius 1 is 1.40 bits per heavy atom. The first-order valence-corrected chi connectivity index (χ1v) is 8.00. The Balaban J connectivity index is 2.24. The molecule has 20 heavy (non-hydrogen) atoms. The van der Waals surface area contributed by atoms with Crippen molar-refractivity contribution in [3.8, 4) is 0 Å². The number of fused-ring (bicyclic) bond motifs is 3. The lowest BCUT2D eigenvalue weighted by atomic mass is 10.1. The van der Waals surface area contributed by atoms with Crippen molar-refractivity contribution < 1.29 is 8.42 Å². The molecule has 0 atom stereocenters. The standard InChI is InChI=1S/C12H11Cl2N3O2S/c1-2-3-17-6-7-4-8(13)10-9(14)5-15-12(10)11(7)16-20(17,18)19/h2,4-5,15-16H,1,3,6H2. The summed E-state index contributed by atoms with van der Waals surface area (Å²) in [6.45, 7) is 4.03. The first-order chi connectivity index (χ1) is 9.44. The number of benzene rings is 1. The molecule has 1 aliphatic heterocycles. The molecule has 0 amide bonds. The summed E-state index contributed by atoms with van der Waals surface area (Å²) in [6.07, 6.45) is 3.12. The van der Waals surface area contributed by atoms with E-state index in [1.54, 1.807) is 12.3 Å². The molecule has 1 aliphatic rings. The quantitative estimate of drug-likeness (QED) is 0.830. The molecule has 0 saturated heterocycles. The molecular formula is C12H11Cl2N3O2S. The fourth-order valence-electron chi connectivity index (χ4n) is 2.30. The maximum Gasteiger partial charge on any atom is 0.302 e. The summed E-state index contributed by atoms with van der Waals surface area (Å²) in [5.74, 6) is 0. The molecule has 0 radical (unpaired) electrons. The third-order valence-corrected chi connectivity index (χ3v) is 5.21. The highest BCUT2D eigenvalue weighted by Gasteiger charge is 2.30. The molecule has 3 rings (SSSR count). The SMILES string of the molecule is C=CCN1Cc2cc(Cl)c3c(Cl)c[nH]c3c2NS1(=O)=O. The molecule has 0 unspecified atom stereocenters. The van der Waals surface area contributed by atoms with Gasteiger partial charge < -0.3 is 4.98 Å². The van der Waals surface area contributed by atoms with Crippen LogP contribution < -0.4 is 4.72 Å². The number of hydrogen-bond donors (Lipinski definition) is 2. The number of aromatic amines is 1. The largest absolute Gasteiger partial charge is 0.358 e. The van der Waals surface area contributed by atoms with Gasteiger partial charge in [-0.3, -0.25) is 4.72 Å². The van der Waals surface area contributed by atoms with Gasteiger partial charge >= 0.3 is 10.2 Å². The second-order valence-corrected chi connectivity index (χ2v) is 6.95. The van der Waals surface area contributed by atoms with Gasteiger partial charge in [0, 0.05) is 24.7 Å². The van der Waals surface area contributed by atoms with Gasteiger partial charge in [-0.1, -0.05) is 29.3 Å². The number of nitrogens with one attached hydrogen (secondary N) is 2. The minimum Gasteiger partial charge on any atom is -0.358 e. The van der Waals surface area contributed by atoms with E-state index in [2.05, 4.69) is 16.3 Å². The number of rotatable bonds is 2. The van der Waals surface area contributed by atoms with Crippen LogP contribution >= 0.6 is 23.2 Å². The topological polar surface area (TPSA) is 65.2 Å². The van der Waals surface area contributed by atoms with E-state index in [1.165, 1.54) is 10.4 Å². The van der Waals surface area contributed by atoms with Crippen LogP contribution in [0.5, 0.6) is 0 Å². The molecule has 0 fully saturated rings. The third kappa shape index (κ3) is 2.00. The highest BCUT2D eigenvalue weighted by Crippen LogP contribution is 2.40. The minimum atomic E-state index is -3.59. The van der Waals surface area contributed by atoms with Crippen LogP contribution in [0.1, 0.15) is 5.56 Å². The number of aromatic nitrogens is 1. The van der Waals surface area contributed by atoms with Gasteiger partial charge in [0.25, 0.3) is 0 Å². The monoisotopic (exact) mass is 331 g/mol. The van der Waals surface area contributed by atoms with Crippen molar-refractivity contribution in [1.82, 2.24) is 9.29 Å². The second kappa shape index (κ2) is 4.66. The van der Waals surface area contributed by atoms with Crippen LogP contribution in [0.15, 0.2) is 24.9 Å². The molecule has 0 spiro atoms. The van der Waals surface area contributed by atoms with Crippen molar-refractivity contribution in [1.29, 1.82) is 0 Å². The van der Waals surface area contributed by atoms with Crippen molar-refractivity contribution in [2.24, 2.45) is 0 Å². The molecule has 0 aliphatic carbocycles. The third-order valence-electron chi connectivity index (χ3n) is 3.19. The molecule has 106 valence electrons. The zero-order chi connectivity index (χ0) is 14.5. The molecule has 2 aromatic rings. The smallest absolute Gasteiger partial charge is 0.302 e. The van der Waals surface area contributed by atoms with Crippen LogP contribution in [0.4, 0.5) is 5.69 Å². The van der Waals surface area contributed by atoms with Gasteiger partial charge in [0.1, 0.15) is 0 Å². The van der Waals surface area contributed by atoms with Crippen molar-refractivity contribution in [3.05, 3.63) is 40.5 Å². The van der Waals surface area contributed by atoms with Crippen LogP contribution in [0.3, 0.4) is 0 Å². The Labute approximate surface area is 126 Å². The van der Waals surface area contributed by atoms with Crippen molar-refractivity contribution in [2.75, 3.05) is 11.3 Å². The number of H-pyrrole nitrogens is 1. The number of anilines is 1. The van der Waals surface area contributed by atoms with E-state index in [-0.39, 0.29) is 13.1 Å². The van der Waals surface area contributed by atoms with E-state index in [4.69, 9.17) is 23.2 Å². The molecule has 2 N–H and O–H groups in total. The fourth-order valence-corrected chi connectivity index (χ4v) is 4.16. The Hall–Kier alpha value is -1.21. The lowest BCUT2D eigenvalue weighted by Gasteiger charge is -2.28. The summed E-state index contributed by atoms with van der Waals surface area (Å²) >= 11 is 12.3. The molecule has 2 heterocycles. The maximum absolute atomic E-state index is 12.2. The number of hydrogen-bond acceptors (Lipinski definition) is 2. The van der Waals surface area contributed by atoms with Gasteiger partial charge in [0.15, 0.2) is 0 Å². The summed E-state index contributed by atoms with van der Waals surface area (Å²) in [5.41, 5.74) is 1.88. The Morgan fingerprint density at radius 3 is 2.85 bits per heavy atom.